The largest absolute Gasteiger partial charge is 0.449 e. The lowest BCUT2D eigenvalue weighted by Gasteiger charge is -2.59. The molecule has 0 spiro atoms. The van der Waals surface area contributed by atoms with Crippen molar-refractivity contribution < 1.29 is 89.6 Å². The van der Waals surface area contributed by atoms with Crippen LogP contribution >= 0.6 is 0 Å². The van der Waals surface area contributed by atoms with Gasteiger partial charge in [0.15, 0.2) is 5.41 Å². The first-order valence-electron chi connectivity index (χ1n) is 8.58. The molecule has 1 saturated heterocycles. The van der Waals surface area contributed by atoms with Gasteiger partial charge in [0.1, 0.15) is 0 Å². The third kappa shape index (κ3) is 3.63. The molecule has 0 bridgehead atoms. The third-order valence-corrected chi connectivity index (χ3v) is 5.61. The summed E-state index contributed by atoms with van der Waals surface area (Å²) in [4.78, 5) is 12.0. The Labute approximate surface area is 183 Å². The number of aliphatic hydroxyl groups is 1. The summed E-state index contributed by atoms with van der Waals surface area (Å²) in [5.74, 6) is -26.3. The average Bonchev–Trinajstić information content (AvgIpc) is 2.59. The van der Waals surface area contributed by atoms with Crippen LogP contribution in [-0.4, -0.2) is 64.6 Å². The maximum Gasteiger partial charge on any atom is 0.449 e. The van der Waals surface area contributed by atoms with Gasteiger partial charge in [0, 0.05) is 0 Å². The molecule has 4 nitrogen and oxygen atoms in total. The summed E-state index contributed by atoms with van der Waals surface area (Å²) in [5, 5.41) is 9.25. The first-order chi connectivity index (χ1) is 14.9. The summed E-state index contributed by atoms with van der Waals surface area (Å²) in [5.41, 5.74) is -18.5. The van der Waals surface area contributed by atoms with E-state index in [2.05, 4.69) is 9.47 Å². The van der Waals surface area contributed by atoms with Crippen molar-refractivity contribution in [3.63, 3.8) is 0 Å². The van der Waals surface area contributed by atoms with E-state index in [1.54, 1.807) is 0 Å². The molecule has 4 atom stereocenters. The van der Waals surface area contributed by atoms with Crippen molar-refractivity contribution in [1.29, 1.82) is 0 Å². The molecule has 1 aliphatic rings. The summed E-state index contributed by atoms with van der Waals surface area (Å²) in [6.07, 6.45) is -30.4. The second-order valence-corrected chi connectivity index (χ2v) is 7.68. The molecule has 20 heteroatoms. The monoisotopic (exact) mass is 560 g/mol. The zero-order valence-electron chi connectivity index (χ0n) is 16.9. The summed E-state index contributed by atoms with van der Waals surface area (Å²) in [6, 6.07) is 0. The van der Waals surface area contributed by atoms with Crippen LogP contribution in [0.15, 0.2) is 0 Å². The third-order valence-electron chi connectivity index (χ3n) is 5.61. The van der Waals surface area contributed by atoms with Gasteiger partial charge in [-0.15, -0.1) is 0 Å². The Morgan fingerprint density at radius 3 is 1.46 bits per heavy atom. The van der Waals surface area contributed by atoms with Crippen LogP contribution in [0.25, 0.3) is 0 Å². The van der Waals surface area contributed by atoms with E-state index in [0.29, 0.717) is 6.92 Å². The Kier molecular flexibility index (Phi) is 6.83. The van der Waals surface area contributed by atoms with Crippen LogP contribution in [-0.2, 0) is 14.3 Å². The lowest BCUT2D eigenvalue weighted by atomic mass is 9.71. The fraction of sp³-hybridized carbons (Fsp3) is 0.933. The molecule has 0 aromatic carbocycles. The predicted molar refractivity (Wildman–Crippen MR) is 75.8 cm³/mol. The second kappa shape index (κ2) is 7.64. The van der Waals surface area contributed by atoms with Crippen LogP contribution in [0.1, 0.15) is 27.2 Å². The van der Waals surface area contributed by atoms with Crippen molar-refractivity contribution >= 4 is 5.97 Å². The van der Waals surface area contributed by atoms with Crippen LogP contribution in [0.5, 0.6) is 0 Å². The highest BCUT2D eigenvalue weighted by atomic mass is 19.4. The molecule has 4 unspecified atom stereocenters. The number of carbonyl (C=O) groups is 1. The zero-order chi connectivity index (χ0) is 28.7. The van der Waals surface area contributed by atoms with Gasteiger partial charge in [-0.2, -0.15) is 70.2 Å². The smallest absolute Gasteiger partial charge is 0.435 e. The van der Waals surface area contributed by atoms with E-state index in [1.807, 2.05) is 0 Å². The maximum atomic E-state index is 14.9. The fourth-order valence-electron chi connectivity index (χ4n) is 2.92. The number of halogens is 16. The quantitative estimate of drug-likeness (QED) is 0.357. The van der Waals surface area contributed by atoms with Gasteiger partial charge < -0.3 is 14.6 Å². The Morgan fingerprint density at radius 1 is 0.800 bits per heavy atom. The second-order valence-electron chi connectivity index (χ2n) is 7.68. The average molecular weight is 560 g/mol. The Bertz CT molecular complexity index is 802. The molecule has 1 N–H and O–H groups in total. The highest BCUT2D eigenvalue weighted by molar-refractivity contribution is 5.78. The predicted octanol–water partition coefficient (Wildman–Crippen LogP) is 5.68. The van der Waals surface area contributed by atoms with E-state index in [4.69, 9.17) is 0 Å². The summed E-state index contributed by atoms with van der Waals surface area (Å²) < 4.78 is 225. The highest BCUT2D eigenvalue weighted by Gasteiger charge is 3.02. The molecule has 1 heterocycles. The van der Waals surface area contributed by atoms with Gasteiger partial charge in [-0.1, -0.05) is 6.92 Å². The van der Waals surface area contributed by atoms with Crippen molar-refractivity contribution in [2.45, 2.75) is 80.7 Å². The van der Waals surface area contributed by atoms with Crippen molar-refractivity contribution in [1.82, 2.24) is 0 Å². The molecule has 1 rings (SSSR count). The van der Waals surface area contributed by atoms with Gasteiger partial charge in [-0.3, -0.25) is 4.79 Å². The van der Waals surface area contributed by atoms with Gasteiger partial charge in [-0.05, 0) is 20.3 Å². The van der Waals surface area contributed by atoms with Crippen molar-refractivity contribution in [2.75, 3.05) is 0 Å². The van der Waals surface area contributed by atoms with Gasteiger partial charge >= 0.3 is 53.9 Å². The van der Waals surface area contributed by atoms with E-state index in [-0.39, 0.29) is 0 Å². The van der Waals surface area contributed by atoms with E-state index in [0.717, 1.165) is 0 Å². The van der Waals surface area contributed by atoms with Crippen LogP contribution in [0.4, 0.5) is 70.2 Å². The lowest BCUT2D eigenvalue weighted by molar-refractivity contribution is -0.576. The number of alkyl halides is 16. The van der Waals surface area contributed by atoms with E-state index in [1.165, 1.54) is 0 Å². The number of carbonyl (C=O) groups excluding carboxylic acids is 1. The first kappa shape index (κ1) is 31.3. The number of rotatable bonds is 3. The van der Waals surface area contributed by atoms with Gasteiger partial charge in [0.05, 0.1) is 0 Å². The normalized spacial score (nSPS) is 33.7. The van der Waals surface area contributed by atoms with Crippen LogP contribution in [0.3, 0.4) is 0 Å². The van der Waals surface area contributed by atoms with Crippen LogP contribution in [0.2, 0.25) is 0 Å². The summed E-state index contributed by atoms with van der Waals surface area (Å²) in [7, 11) is 0. The molecule has 0 amide bonds. The number of ether oxygens (including phenoxy) is 2. The van der Waals surface area contributed by atoms with Gasteiger partial charge in [0.25, 0.3) is 0 Å². The molecule has 0 aromatic heterocycles. The van der Waals surface area contributed by atoms with E-state index >= 15 is 0 Å². The molecular formula is C15H12F16O4. The van der Waals surface area contributed by atoms with E-state index < -0.39 is 85.2 Å². The van der Waals surface area contributed by atoms with Crippen LogP contribution in [0, 0.1) is 5.41 Å². The minimum Gasteiger partial charge on any atom is -0.435 e. The maximum absolute atomic E-state index is 14.9. The Hall–Kier alpha value is -1.73. The molecule has 0 saturated carbocycles. The zero-order valence-corrected chi connectivity index (χ0v) is 16.9. The van der Waals surface area contributed by atoms with Gasteiger partial charge in [0.2, 0.25) is 5.60 Å². The van der Waals surface area contributed by atoms with Gasteiger partial charge in [-0.25, -0.2) is 0 Å². The number of hydrogen-bond acceptors (Lipinski definition) is 4. The standard InChI is InChI=1S/C15H12F16O4/c1-4-6(2,12(20,21)22)5(32)34-8(14(26,27)28)9(16,17)7(3,13(23,24)25)35-11(33,10(8,18)19)15(29,30)31/h33H,4H2,1-3H3. The lowest BCUT2D eigenvalue weighted by Crippen LogP contribution is -2.90. The topological polar surface area (TPSA) is 55.8 Å². The molecule has 1 aliphatic heterocycles. The molecule has 1 fully saturated rings. The molecular weight excluding hydrogens is 548 g/mol. The Balaban J connectivity index is 4.33. The van der Waals surface area contributed by atoms with Crippen molar-refractivity contribution in [3.05, 3.63) is 0 Å². The molecule has 0 aromatic rings. The fourth-order valence-corrected chi connectivity index (χ4v) is 2.92. The van der Waals surface area contributed by atoms with Crippen molar-refractivity contribution in [3.8, 4) is 0 Å². The Morgan fingerprint density at radius 2 is 1.20 bits per heavy atom. The molecule has 0 radical (unpaired) electrons. The molecule has 208 valence electrons. The SMILES string of the molecule is CCC(C)(C(=O)OC1(C(F)(F)F)C(F)(F)C(C)(C(F)(F)F)OC(O)(C(F)(F)F)C1(F)F)C(F)(F)F. The first-order valence-corrected chi connectivity index (χ1v) is 8.58. The summed E-state index contributed by atoms with van der Waals surface area (Å²) in [6.45, 7) is -1.43. The minimum absolute atomic E-state index is 0.321. The highest BCUT2D eigenvalue weighted by Crippen LogP contribution is 2.70. The minimum atomic E-state index is -7.90. The van der Waals surface area contributed by atoms with Crippen LogP contribution < -0.4 is 0 Å². The molecule has 35 heavy (non-hydrogen) atoms. The van der Waals surface area contributed by atoms with Crippen molar-refractivity contribution in [2.24, 2.45) is 5.41 Å². The molecule has 0 aliphatic carbocycles. The summed E-state index contributed by atoms with van der Waals surface area (Å²) >= 11 is 0. The van der Waals surface area contributed by atoms with E-state index in [9.17, 15) is 80.1 Å². The number of esters is 1. The number of hydrogen-bond donors (Lipinski definition) is 1.